The molecule has 19 heavy (non-hydrogen) atoms. The van der Waals surface area contributed by atoms with Crippen molar-refractivity contribution in [2.45, 2.75) is 24.7 Å². The molecule has 1 heterocycles. The number of alkyl halides is 1. The molecule has 0 radical (unpaired) electrons. The van der Waals surface area contributed by atoms with Crippen LogP contribution in [0.3, 0.4) is 0 Å². The third-order valence-electron chi connectivity index (χ3n) is 3.68. The summed E-state index contributed by atoms with van der Waals surface area (Å²) >= 11 is 3.55. The third kappa shape index (κ3) is 3.51. The van der Waals surface area contributed by atoms with Gasteiger partial charge in [0, 0.05) is 24.1 Å². The molecule has 0 spiro atoms. The summed E-state index contributed by atoms with van der Waals surface area (Å²) in [5.74, 6) is 0.842. The standard InChI is InChI=1S/C14H20BrNO2S/c1-2-19(17,18)14-7-5-13(6-8-14)16-9-3-4-12(10-15)11-16/h5-8,12H,2-4,9-11H2,1H3. The summed E-state index contributed by atoms with van der Waals surface area (Å²) in [4.78, 5) is 2.77. The first-order valence-electron chi connectivity index (χ1n) is 6.70. The third-order valence-corrected chi connectivity index (χ3v) is 6.34. The number of rotatable bonds is 4. The lowest BCUT2D eigenvalue weighted by Crippen LogP contribution is -2.35. The van der Waals surface area contributed by atoms with E-state index in [4.69, 9.17) is 0 Å². The Morgan fingerprint density at radius 3 is 2.58 bits per heavy atom. The maximum Gasteiger partial charge on any atom is 0.178 e. The van der Waals surface area contributed by atoms with Crippen molar-refractivity contribution in [1.29, 1.82) is 0 Å². The summed E-state index contributed by atoms with van der Waals surface area (Å²) < 4.78 is 23.5. The fraction of sp³-hybridized carbons (Fsp3) is 0.571. The van der Waals surface area contributed by atoms with Gasteiger partial charge in [-0.25, -0.2) is 8.42 Å². The van der Waals surface area contributed by atoms with E-state index in [2.05, 4.69) is 20.8 Å². The van der Waals surface area contributed by atoms with E-state index in [1.807, 2.05) is 12.1 Å². The van der Waals surface area contributed by atoms with E-state index in [1.165, 1.54) is 12.8 Å². The summed E-state index contributed by atoms with van der Waals surface area (Å²) in [6, 6.07) is 7.32. The Bertz CT molecular complexity index is 513. The van der Waals surface area contributed by atoms with Gasteiger partial charge in [0.2, 0.25) is 0 Å². The second kappa shape index (κ2) is 6.27. The van der Waals surface area contributed by atoms with Gasteiger partial charge in [-0.05, 0) is 43.0 Å². The van der Waals surface area contributed by atoms with Crippen LogP contribution in [0.1, 0.15) is 19.8 Å². The molecule has 1 aliphatic rings. The molecule has 1 saturated heterocycles. The molecule has 1 atom stereocenters. The largest absolute Gasteiger partial charge is 0.371 e. The van der Waals surface area contributed by atoms with Gasteiger partial charge in [0.1, 0.15) is 0 Å². The van der Waals surface area contributed by atoms with Gasteiger partial charge < -0.3 is 4.90 Å². The predicted octanol–water partition coefficient (Wildman–Crippen LogP) is 3.09. The topological polar surface area (TPSA) is 37.4 Å². The molecule has 1 aromatic rings. The second-order valence-corrected chi connectivity index (χ2v) is 7.93. The maximum absolute atomic E-state index is 11.8. The fourth-order valence-electron chi connectivity index (χ4n) is 2.46. The van der Waals surface area contributed by atoms with Gasteiger partial charge in [-0.15, -0.1) is 0 Å². The predicted molar refractivity (Wildman–Crippen MR) is 82.9 cm³/mol. The van der Waals surface area contributed by atoms with Gasteiger partial charge in [-0.1, -0.05) is 22.9 Å². The normalized spacial score (nSPS) is 20.5. The summed E-state index contributed by atoms with van der Waals surface area (Å²) in [7, 11) is -3.09. The Kier molecular flexibility index (Phi) is 4.90. The molecule has 1 fully saturated rings. The van der Waals surface area contributed by atoms with E-state index in [-0.39, 0.29) is 5.75 Å². The van der Waals surface area contributed by atoms with Crippen LogP contribution in [0.2, 0.25) is 0 Å². The molecule has 1 aliphatic heterocycles. The van der Waals surface area contributed by atoms with Gasteiger partial charge in [-0.3, -0.25) is 0 Å². The Morgan fingerprint density at radius 1 is 1.32 bits per heavy atom. The lowest BCUT2D eigenvalue weighted by Gasteiger charge is -2.33. The van der Waals surface area contributed by atoms with Gasteiger partial charge in [-0.2, -0.15) is 0 Å². The zero-order valence-corrected chi connectivity index (χ0v) is 13.6. The Balaban J connectivity index is 2.14. The molecule has 0 saturated carbocycles. The van der Waals surface area contributed by atoms with E-state index in [0.29, 0.717) is 10.8 Å². The molecule has 2 rings (SSSR count). The summed E-state index contributed by atoms with van der Waals surface area (Å²) in [5.41, 5.74) is 1.13. The first-order chi connectivity index (χ1) is 9.06. The van der Waals surface area contributed by atoms with Crippen LogP contribution >= 0.6 is 15.9 Å². The molecular weight excluding hydrogens is 326 g/mol. The van der Waals surface area contributed by atoms with Gasteiger partial charge >= 0.3 is 0 Å². The number of nitrogens with zero attached hydrogens (tertiary/aromatic N) is 1. The SMILES string of the molecule is CCS(=O)(=O)c1ccc(N2CCCC(CBr)C2)cc1. The average Bonchev–Trinajstić information content (AvgIpc) is 2.47. The van der Waals surface area contributed by atoms with Crippen LogP contribution in [0, 0.1) is 5.92 Å². The number of halogens is 1. The van der Waals surface area contributed by atoms with Crippen LogP contribution in [0.5, 0.6) is 0 Å². The highest BCUT2D eigenvalue weighted by Crippen LogP contribution is 2.25. The zero-order valence-electron chi connectivity index (χ0n) is 11.2. The van der Waals surface area contributed by atoms with Crippen molar-refractivity contribution in [3.05, 3.63) is 24.3 Å². The van der Waals surface area contributed by atoms with Gasteiger partial charge in [0.05, 0.1) is 10.6 Å². The van der Waals surface area contributed by atoms with Crippen molar-refractivity contribution in [3.8, 4) is 0 Å². The number of benzene rings is 1. The number of anilines is 1. The molecule has 0 bridgehead atoms. The van der Waals surface area contributed by atoms with Crippen LogP contribution in [0.25, 0.3) is 0 Å². The lowest BCUT2D eigenvalue weighted by atomic mass is 10.00. The zero-order chi connectivity index (χ0) is 13.9. The van der Waals surface area contributed by atoms with Crippen molar-refractivity contribution in [1.82, 2.24) is 0 Å². The molecule has 0 aliphatic carbocycles. The fourth-order valence-corrected chi connectivity index (χ4v) is 3.87. The van der Waals surface area contributed by atoms with E-state index < -0.39 is 9.84 Å². The van der Waals surface area contributed by atoms with Crippen LogP contribution in [-0.2, 0) is 9.84 Å². The van der Waals surface area contributed by atoms with Crippen LogP contribution < -0.4 is 4.90 Å². The molecule has 106 valence electrons. The van der Waals surface area contributed by atoms with Crippen molar-refractivity contribution in [3.63, 3.8) is 0 Å². The molecule has 0 amide bonds. The van der Waals surface area contributed by atoms with Crippen molar-refractivity contribution in [2.75, 3.05) is 29.1 Å². The van der Waals surface area contributed by atoms with Crippen molar-refractivity contribution < 1.29 is 8.42 Å². The lowest BCUT2D eigenvalue weighted by molar-refractivity contribution is 0.455. The maximum atomic E-state index is 11.8. The molecule has 5 heteroatoms. The smallest absolute Gasteiger partial charge is 0.178 e. The molecule has 3 nitrogen and oxygen atoms in total. The number of sulfone groups is 1. The highest BCUT2D eigenvalue weighted by Gasteiger charge is 2.19. The van der Waals surface area contributed by atoms with Crippen molar-refractivity contribution >= 4 is 31.5 Å². The monoisotopic (exact) mass is 345 g/mol. The van der Waals surface area contributed by atoms with Crippen molar-refractivity contribution in [2.24, 2.45) is 5.92 Å². The van der Waals surface area contributed by atoms with E-state index in [1.54, 1.807) is 19.1 Å². The quantitative estimate of drug-likeness (QED) is 0.787. The second-order valence-electron chi connectivity index (χ2n) is 5.01. The number of hydrogen-bond acceptors (Lipinski definition) is 3. The Labute approximate surface area is 124 Å². The number of hydrogen-bond donors (Lipinski definition) is 0. The molecule has 0 aromatic heterocycles. The summed E-state index contributed by atoms with van der Waals surface area (Å²) in [5, 5.41) is 1.03. The molecular formula is C14H20BrNO2S. The highest BCUT2D eigenvalue weighted by molar-refractivity contribution is 9.09. The van der Waals surface area contributed by atoms with Gasteiger partial charge in [0.25, 0.3) is 0 Å². The Hall–Kier alpha value is -0.550. The molecule has 1 unspecified atom stereocenters. The van der Waals surface area contributed by atoms with Crippen LogP contribution in [-0.4, -0.2) is 32.6 Å². The first-order valence-corrected chi connectivity index (χ1v) is 9.48. The van der Waals surface area contributed by atoms with E-state index in [9.17, 15) is 8.42 Å². The minimum atomic E-state index is -3.09. The Morgan fingerprint density at radius 2 is 2.00 bits per heavy atom. The highest BCUT2D eigenvalue weighted by atomic mass is 79.9. The molecule has 0 N–H and O–H groups in total. The number of piperidine rings is 1. The average molecular weight is 346 g/mol. The molecule has 1 aromatic carbocycles. The van der Waals surface area contributed by atoms with Gasteiger partial charge in [0.15, 0.2) is 9.84 Å². The minimum Gasteiger partial charge on any atom is -0.371 e. The van der Waals surface area contributed by atoms with E-state index in [0.717, 1.165) is 24.1 Å². The van der Waals surface area contributed by atoms with E-state index >= 15 is 0 Å². The summed E-state index contributed by atoms with van der Waals surface area (Å²) in [6.07, 6.45) is 2.47. The first kappa shape index (κ1) is 14.9. The van der Waals surface area contributed by atoms with Crippen LogP contribution in [0.4, 0.5) is 5.69 Å². The summed E-state index contributed by atoms with van der Waals surface area (Å²) in [6.45, 7) is 3.78. The van der Waals surface area contributed by atoms with Crippen LogP contribution in [0.15, 0.2) is 29.2 Å². The minimum absolute atomic E-state index is 0.154.